The van der Waals surface area contributed by atoms with Gasteiger partial charge in [-0.05, 0) is 24.8 Å². The minimum absolute atomic E-state index is 0.266. The minimum atomic E-state index is -3.04. The summed E-state index contributed by atoms with van der Waals surface area (Å²) in [6.45, 7) is -3.04. The predicted octanol–water partition coefficient (Wildman–Crippen LogP) is 4.29. The highest BCUT2D eigenvalue weighted by Gasteiger charge is 2.17. The van der Waals surface area contributed by atoms with Crippen molar-refractivity contribution in [2.24, 2.45) is 5.92 Å². The maximum absolute atomic E-state index is 13.4. The Morgan fingerprint density at radius 3 is 2.63 bits per heavy atom. The van der Waals surface area contributed by atoms with E-state index in [9.17, 15) is 13.2 Å². The first-order valence-corrected chi connectivity index (χ1v) is 7.21. The van der Waals surface area contributed by atoms with E-state index in [0.717, 1.165) is 11.8 Å². The zero-order valence-electron chi connectivity index (χ0n) is 10.4. The Morgan fingerprint density at radius 2 is 2.00 bits per heavy atom. The quantitative estimate of drug-likeness (QED) is 0.649. The summed E-state index contributed by atoms with van der Waals surface area (Å²) < 4.78 is 41.8. The van der Waals surface area contributed by atoms with Crippen molar-refractivity contribution in [3.8, 4) is 5.75 Å². The third-order valence-corrected chi connectivity index (χ3v) is 4.53. The highest BCUT2D eigenvalue weighted by molar-refractivity contribution is 7.99. The van der Waals surface area contributed by atoms with Gasteiger partial charge in [0.15, 0.2) is 11.6 Å². The molecule has 1 aromatic rings. The number of halogens is 3. The smallest absolute Gasteiger partial charge is 0.387 e. The van der Waals surface area contributed by atoms with Crippen LogP contribution in [0.3, 0.4) is 0 Å². The van der Waals surface area contributed by atoms with Crippen molar-refractivity contribution < 1.29 is 17.9 Å². The van der Waals surface area contributed by atoms with E-state index >= 15 is 0 Å². The van der Waals surface area contributed by atoms with E-state index < -0.39 is 18.2 Å². The molecule has 0 bridgehead atoms. The number of rotatable bonds is 5. The Morgan fingerprint density at radius 1 is 1.32 bits per heavy atom. The largest absolute Gasteiger partial charge is 0.432 e. The van der Waals surface area contributed by atoms with Crippen LogP contribution in [0.2, 0.25) is 0 Å². The van der Waals surface area contributed by atoms with E-state index in [0.29, 0.717) is 10.8 Å². The summed E-state index contributed by atoms with van der Waals surface area (Å²) in [5.41, 5.74) is 5.97. The van der Waals surface area contributed by atoms with E-state index in [1.807, 2.05) is 0 Å². The summed E-state index contributed by atoms with van der Waals surface area (Å²) in [7, 11) is 0. The number of anilines is 1. The van der Waals surface area contributed by atoms with Gasteiger partial charge >= 0.3 is 6.61 Å². The monoisotopic (exact) mass is 291 g/mol. The summed E-state index contributed by atoms with van der Waals surface area (Å²) in [5.74, 6) is 0.208. The van der Waals surface area contributed by atoms with Gasteiger partial charge in [0.1, 0.15) is 0 Å². The van der Waals surface area contributed by atoms with Crippen LogP contribution in [0.5, 0.6) is 5.75 Å². The van der Waals surface area contributed by atoms with Crippen molar-refractivity contribution >= 4 is 17.4 Å². The Balaban J connectivity index is 2.05. The molecule has 0 spiro atoms. The molecule has 0 aromatic heterocycles. The van der Waals surface area contributed by atoms with Crippen LogP contribution in [-0.4, -0.2) is 12.4 Å². The van der Waals surface area contributed by atoms with Gasteiger partial charge in [0.05, 0.1) is 0 Å². The second-order valence-corrected chi connectivity index (χ2v) is 5.72. The molecule has 1 aliphatic rings. The average Bonchev–Trinajstić information content (AvgIpc) is 2.83. The average molecular weight is 291 g/mol. The molecule has 6 heteroatoms. The second-order valence-electron chi connectivity index (χ2n) is 4.66. The lowest BCUT2D eigenvalue weighted by atomic mass is 10.1. The number of benzene rings is 1. The van der Waals surface area contributed by atoms with Crippen LogP contribution < -0.4 is 10.5 Å². The van der Waals surface area contributed by atoms with Gasteiger partial charge in [0.2, 0.25) is 0 Å². The molecule has 0 aliphatic heterocycles. The van der Waals surface area contributed by atoms with Gasteiger partial charge in [-0.3, -0.25) is 0 Å². The number of ether oxygens (including phenoxy) is 1. The number of thioether (sulfide) groups is 1. The van der Waals surface area contributed by atoms with Crippen LogP contribution in [0.1, 0.15) is 25.7 Å². The van der Waals surface area contributed by atoms with Gasteiger partial charge in [-0.25, -0.2) is 4.39 Å². The highest BCUT2D eigenvalue weighted by atomic mass is 32.2. The van der Waals surface area contributed by atoms with Crippen molar-refractivity contribution in [1.82, 2.24) is 0 Å². The summed E-state index contributed by atoms with van der Waals surface area (Å²) >= 11 is 1.48. The van der Waals surface area contributed by atoms with Crippen LogP contribution in [0.4, 0.5) is 18.9 Å². The number of nitrogens with two attached hydrogens (primary N) is 1. The van der Waals surface area contributed by atoms with Crippen LogP contribution in [0.25, 0.3) is 0 Å². The molecule has 0 saturated heterocycles. The Bertz CT molecular complexity index is 436. The maximum Gasteiger partial charge on any atom is 0.387 e. The van der Waals surface area contributed by atoms with Gasteiger partial charge in [-0.2, -0.15) is 8.78 Å². The third kappa shape index (κ3) is 3.96. The Kier molecular flexibility index (Phi) is 4.85. The van der Waals surface area contributed by atoms with E-state index in [2.05, 4.69) is 4.74 Å². The summed E-state index contributed by atoms with van der Waals surface area (Å²) in [6.07, 6.45) is 4.86. The SMILES string of the molecule is Nc1cc(F)c(OC(F)F)cc1SCC1CCCC1. The molecule has 106 valence electrons. The molecule has 2 N–H and O–H groups in total. The second kappa shape index (κ2) is 6.41. The molecule has 0 radical (unpaired) electrons. The number of nitrogen functional groups attached to an aromatic ring is 1. The van der Waals surface area contributed by atoms with Crippen LogP contribution in [0.15, 0.2) is 17.0 Å². The number of alkyl halides is 2. The molecule has 0 unspecified atom stereocenters. The summed E-state index contributed by atoms with van der Waals surface area (Å²) in [4.78, 5) is 0.601. The van der Waals surface area contributed by atoms with Crippen molar-refractivity contribution in [2.75, 3.05) is 11.5 Å². The Labute approximate surface area is 114 Å². The molecule has 2 nitrogen and oxygen atoms in total. The molecule has 1 fully saturated rings. The molecule has 19 heavy (non-hydrogen) atoms. The normalized spacial score (nSPS) is 16.2. The van der Waals surface area contributed by atoms with Crippen LogP contribution >= 0.6 is 11.8 Å². The number of hydrogen-bond donors (Lipinski definition) is 1. The van der Waals surface area contributed by atoms with Gasteiger partial charge in [0.25, 0.3) is 0 Å². The van der Waals surface area contributed by atoms with Crippen LogP contribution in [-0.2, 0) is 0 Å². The molecule has 1 aromatic carbocycles. The van der Waals surface area contributed by atoms with Gasteiger partial charge in [0, 0.05) is 22.4 Å². The van der Waals surface area contributed by atoms with Crippen molar-refractivity contribution in [3.63, 3.8) is 0 Å². The van der Waals surface area contributed by atoms with Gasteiger partial charge in [-0.15, -0.1) is 11.8 Å². The topological polar surface area (TPSA) is 35.2 Å². The molecule has 1 aliphatic carbocycles. The summed E-state index contributed by atoms with van der Waals surface area (Å²) in [6, 6.07) is 2.30. The molecule has 1 saturated carbocycles. The standard InChI is InChI=1S/C13H16F3NOS/c14-9-5-10(17)12(6-11(9)18-13(15)16)19-7-8-3-1-2-4-8/h5-6,8,13H,1-4,7,17H2. The lowest BCUT2D eigenvalue weighted by molar-refractivity contribution is -0.0523. The highest BCUT2D eigenvalue weighted by Crippen LogP contribution is 2.36. The lowest BCUT2D eigenvalue weighted by Crippen LogP contribution is -2.05. The molecule has 0 heterocycles. The van der Waals surface area contributed by atoms with Crippen molar-refractivity contribution in [1.29, 1.82) is 0 Å². The van der Waals surface area contributed by atoms with E-state index in [-0.39, 0.29) is 5.69 Å². The fraction of sp³-hybridized carbons (Fsp3) is 0.538. The third-order valence-electron chi connectivity index (χ3n) is 3.23. The first-order valence-electron chi connectivity index (χ1n) is 6.23. The van der Waals surface area contributed by atoms with Crippen molar-refractivity contribution in [3.05, 3.63) is 17.9 Å². The van der Waals surface area contributed by atoms with E-state index in [1.165, 1.54) is 43.5 Å². The van der Waals surface area contributed by atoms with Crippen molar-refractivity contribution in [2.45, 2.75) is 37.2 Å². The Hall–Kier alpha value is -1.04. The maximum atomic E-state index is 13.4. The van der Waals surface area contributed by atoms with Gasteiger partial charge < -0.3 is 10.5 Å². The minimum Gasteiger partial charge on any atom is -0.432 e. The number of hydrogen-bond acceptors (Lipinski definition) is 3. The van der Waals surface area contributed by atoms with Crippen LogP contribution in [0, 0.1) is 11.7 Å². The van der Waals surface area contributed by atoms with Gasteiger partial charge in [-0.1, -0.05) is 12.8 Å². The molecule has 0 amide bonds. The summed E-state index contributed by atoms with van der Waals surface area (Å²) in [5, 5.41) is 0. The molecular weight excluding hydrogens is 275 g/mol. The fourth-order valence-corrected chi connectivity index (χ4v) is 3.41. The lowest BCUT2D eigenvalue weighted by Gasteiger charge is -2.12. The zero-order chi connectivity index (χ0) is 13.8. The van der Waals surface area contributed by atoms with E-state index in [4.69, 9.17) is 5.73 Å². The molecule has 2 rings (SSSR count). The fourth-order valence-electron chi connectivity index (χ4n) is 2.25. The van der Waals surface area contributed by atoms with E-state index in [1.54, 1.807) is 0 Å². The first kappa shape index (κ1) is 14.4. The zero-order valence-corrected chi connectivity index (χ0v) is 11.2. The predicted molar refractivity (Wildman–Crippen MR) is 70.1 cm³/mol. The first-order chi connectivity index (χ1) is 9.06. The molecular formula is C13H16F3NOS. The molecule has 0 atom stereocenters.